The van der Waals surface area contributed by atoms with Crippen molar-refractivity contribution in [2.75, 3.05) is 13.7 Å². The van der Waals surface area contributed by atoms with Gasteiger partial charge in [0.1, 0.15) is 11.0 Å². The molecule has 0 saturated carbocycles. The number of carbonyl (C=O) groups is 2. The zero-order valence-electron chi connectivity index (χ0n) is 15.3. The van der Waals surface area contributed by atoms with Gasteiger partial charge in [-0.25, -0.2) is 4.99 Å². The van der Waals surface area contributed by atoms with E-state index in [1.165, 1.54) is 11.8 Å². The summed E-state index contributed by atoms with van der Waals surface area (Å²) in [4.78, 5) is 30.3. The van der Waals surface area contributed by atoms with Gasteiger partial charge in [0.15, 0.2) is 5.17 Å². The summed E-state index contributed by atoms with van der Waals surface area (Å²) in [6.07, 6.45) is 0.640. The number of hydrogen-bond donors (Lipinski definition) is 1. The molecule has 0 unspecified atom stereocenters. The van der Waals surface area contributed by atoms with Crippen LogP contribution < -0.4 is 10.5 Å². The predicted octanol–water partition coefficient (Wildman–Crippen LogP) is 3.40. The lowest BCUT2D eigenvalue weighted by Crippen LogP contribution is -2.35. The predicted molar refractivity (Wildman–Crippen MR) is 112 cm³/mol. The topological polar surface area (TPSA) is 85.0 Å². The van der Waals surface area contributed by atoms with Crippen LogP contribution in [0.3, 0.4) is 0 Å². The fourth-order valence-electron chi connectivity index (χ4n) is 2.77. The molecule has 2 aromatic rings. The monoisotopic (exact) mass is 417 g/mol. The van der Waals surface area contributed by atoms with Gasteiger partial charge in [-0.15, -0.1) is 0 Å². The number of rotatable bonds is 7. The number of amides is 2. The van der Waals surface area contributed by atoms with E-state index in [4.69, 9.17) is 22.1 Å². The number of nitrogens with zero attached hydrogens (tertiary/aromatic N) is 2. The molecule has 2 aromatic carbocycles. The Bertz CT molecular complexity index is 885. The van der Waals surface area contributed by atoms with Crippen molar-refractivity contribution in [3.63, 3.8) is 0 Å². The van der Waals surface area contributed by atoms with Crippen LogP contribution in [0.25, 0.3) is 0 Å². The number of primary amides is 1. The second-order valence-corrected chi connectivity index (χ2v) is 7.84. The largest absolute Gasteiger partial charge is 0.497 e. The Morgan fingerprint density at radius 1 is 1.21 bits per heavy atom. The lowest BCUT2D eigenvalue weighted by atomic mass is 10.1. The van der Waals surface area contributed by atoms with E-state index >= 15 is 0 Å². The minimum Gasteiger partial charge on any atom is -0.497 e. The van der Waals surface area contributed by atoms with E-state index in [9.17, 15) is 9.59 Å². The molecule has 0 spiro atoms. The number of halogens is 1. The highest BCUT2D eigenvalue weighted by molar-refractivity contribution is 8.15. The maximum absolute atomic E-state index is 12.8. The van der Waals surface area contributed by atoms with Crippen molar-refractivity contribution in [1.29, 1.82) is 0 Å². The molecule has 1 atom stereocenters. The van der Waals surface area contributed by atoms with Crippen molar-refractivity contribution in [3.8, 4) is 5.75 Å². The first-order valence-electron chi connectivity index (χ1n) is 8.70. The zero-order valence-corrected chi connectivity index (χ0v) is 16.9. The number of amidine groups is 1. The van der Waals surface area contributed by atoms with Crippen LogP contribution in [0.1, 0.15) is 12.0 Å². The van der Waals surface area contributed by atoms with Gasteiger partial charge in [0.25, 0.3) is 0 Å². The molecule has 28 heavy (non-hydrogen) atoms. The number of nitrogens with two attached hydrogens (primary N) is 1. The third-order valence-corrected chi connectivity index (χ3v) is 5.67. The molecule has 2 amide bonds. The molecule has 1 fully saturated rings. The Kier molecular flexibility index (Phi) is 6.59. The van der Waals surface area contributed by atoms with Gasteiger partial charge in [0, 0.05) is 18.0 Å². The minimum atomic E-state index is -0.542. The van der Waals surface area contributed by atoms with Gasteiger partial charge < -0.3 is 10.5 Å². The fraction of sp³-hybridized carbons (Fsp3) is 0.250. The number of aliphatic imine (C=N–C) groups is 1. The molecule has 1 saturated heterocycles. The summed E-state index contributed by atoms with van der Waals surface area (Å²) in [6.45, 7) is 0.458. The molecule has 0 bridgehead atoms. The fourth-order valence-corrected chi connectivity index (χ4v) is 4.10. The Labute approximate surface area is 172 Å². The molecule has 1 aliphatic rings. The number of hydrogen-bond acceptors (Lipinski definition) is 5. The third kappa shape index (κ3) is 5.05. The minimum absolute atomic E-state index is 0.0117. The summed E-state index contributed by atoms with van der Waals surface area (Å²) in [5.41, 5.74) is 7.06. The summed E-state index contributed by atoms with van der Waals surface area (Å²) in [7, 11) is 1.62. The first-order valence-corrected chi connectivity index (χ1v) is 9.95. The molecule has 1 aliphatic heterocycles. The van der Waals surface area contributed by atoms with Crippen LogP contribution in [-0.4, -0.2) is 40.8 Å². The first-order chi connectivity index (χ1) is 13.5. The van der Waals surface area contributed by atoms with Gasteiger partial charge >= 0.3 is 0 Å². The molecular weight excluding hydrogens is 398 g/mol. The molecule has 6 nitrogen and oxygen atoms in total. The van der Waals surface area contributed by atoms with Crippen LogP contribution in [0.5, 0.6) is 5.75 Å². The number of methoxy groups -OCH3 is 1. The number of benzene rings is 2. The van der Waals surface area contributed by atoms with Gasteiger partial charge in [-0.3, -0.25) is 14.5 Å². The highest BCUT2D eigenvalue weighted by atomic mass is 35.5. The molecule has 8 heteroatoms. The molecule has 3 rings (SSSR count). The first kappa shape index (κ1) is 20.2. The SMILES string of the molecule is COc1ccc(CCN2C(=O)[C@H](CC(N)=O)SC2=Nc2ccc(Cl)cc2)cc1. The number of carbonyl (C=O) groups excluding carboxylic acids is 2. The van der Waals surface area contributed by atoms with Crippen molar-refractivity contribution in [2.45, 2.75) is 18.1 Å². The second-order valence-electron chi connectivity index (χ2n) is 6.24. The molecule has 0 radical (unpaired) electrons. The van der Waals surface area contributed by atoms with Crippen molar-refractivity contribution >= 4 is 46.0 Å². The average molecular weight is 418 g/mol. The second kappa shape index (κ2) is 9.12. The van der Waals surface area contributed by atoms with Gasteiger partial charge in [-0.1, -0.05) is 35.5 Å². The molecule has 2 N–H and O–H groups in total. The Morgan fingerprint density at radius 3 is 2.50 bits per heavy atom. The molecular formula is C20H20ClN3O3S. The third-order valence-electron chi connectivity index (χ3n) is 4.24. The summed E-state index contributed by atoms with van der Waals surface area (Å²) >= 11 is 7.19. The average Bonchev–Trinajstić information content (AvgIpc) is 2.96. The highest BCUT2D eigenvalue weighted by Gasteiger charge is 2.38. The summed E-state index contributed by atoms with van der Waals surface area (Å²) in [5.74, 6) is 0.127. The Morgan fingerprint density at radius 2 is 1.89 bits per heavy atom. The maximum Gasteiger partial charge on any atom is 0.242 e. The van der Waals surface area contributed by atoms with Gasteiger partial charge in [-0.2, -0.15) is 0 Å². The standard InChI is InChI=1S/C20H20ClN3O3S/c1-27-16-8-2-13(3-9-16)10-11-24-19(26)17(12-18(22)25)28-20(24)23-15-6-4-14(21)5-7-15/h2-9,17H,10-12H2,1H3,(H2,22,25)/t17-/m0/s1. The van der Waals surface area contributed by atoms with Gasteiger partial charge in [-0.05, 0) is 48.4 Å². The molecule has 0 aliphatic carbocycles. The zero-order chi connectivity index (χ0) is 20.1. The van der Waals surface area contributed by atoms with Crippen molar-refractivity contribution in [1.82, 2.24) is 4.90 Å². The van der Waals surface area contributed by atoms with Gasteiger partial charge in [0.05, 0.1) is 12.8 Å². The van der Waals surface area contributed by atoms with E-state index in [-0.39, 0.29) is 12.3 Å². The van der Waals surface area contributed by atoms with Crippen LogP contribution in [0.15, 0.2) is 53.5 Å². The molecule has 146 valence electrons. The lowest BCUT2D eigenvalue weighted by molar-refractivity contribution is -0.128. The van der Waals surface area contributed by atoms with Crippen molar-refractivity contribution in [3.05, 3.63) is 59.1 Å². The van der Waals surface area contributed by atoms with Crippen LogP contribution in [0.4, 0.5) is 5.69 Å². The van der Waals surface area contributed by atoms with E-state index in [0.29, 0.717) is 28.8 Å². The smallest absolute Gasteiger partial charge is 0.242 e. The van der Waals surface area contributed by atoms with E-state index in [0.717, 1.165) is 11.3 Å². The number of thioether (sulfide) groups is 1. The number of ether oxygens (including phenoxy) is 1. The van der Waals surface area contributed by atoms with E-state index in [2.05, 4.69) is 4.99 Å². The van der Waals surface area contributed by atoms with Crippen LogP contribution in [0.2, 0.25) is 5.02 Å². The molecule has 0 aromatic heterocycles. The lowest BCUT2D eigenvalue weighted by Gasteiger charge is -2.16. The van der Waals surface area contributed by atoms with E-state index in [1.807, 2.05) is 24.3 Å². The van der Waals surface area contributed by atoms with Crippen LogP contribution in [0, 0.1) is 0 Å². The van der Waals surface area contributed by atoms with Crippen LogP contribution >= 0.6 is 23.4 Å². The Hall–Kier alpha value is -2.51. The van der Waals surface area contributed by atoms with E-state index in [1.54, 1.807) is 36.3 Å². The summed E-state index contributed by atoms with van der Waals surface area (Å²) in [5, 5.41) is 0.633. The highest BCUT2D eigenvalue weighted by Crippen LogP contribution is 2.32. The van der Waals surface area contributed by atoms with Crippen LogP contribution in [-0.2, 0) is 16.0 Å². The van der Waals surface area contributed by atoms with Crippen molar-refractivity contribution < 1.29 is 14.3 Å². The van der Waals surface area contributed by atoms with Gasteiger partial charge in [0.2, 0.25) is 11.8 Å². The maximum atomic E-state index is 12.8. The van der Waals surface area contributed by atoms with E-state index < -0.39 is 11.2 Å². The Balaban J connectivity index is 1.79. The quantitative estimate of drug-likeness (QED) is 0.748. The van der Waals surface area contributed by atoms with Crippen molar-refractivity contribution in [2.24, 2.45) is 10.7 Å². The summed E-state index contributed by atoms with van der Waals surface area (Å²) < 4.78 is 5.17. The normalized spacial score (nSPS) is 17.9. The molecule has 1 heterocycles. The summed E-state index contributed by atoms with van der Waals surface area (Å²) in [6, 6.07) is 14.7.